The third-order valence-corrected chi connectivity index (χ3v) is 4.37. The van der Waals surface area contributed by atoms with Gasteiger partial charge in [0.25, 0.3) is 0 Å². The molecule has 18 heavy (non-hydrogen) atoms. The molecule has 1 aromatic rings. The molecule has 2 atom stereocenters. The van der Waals surface area contributed by atoms with E-state index in [4.69, 9.17) is 0 Å². The third-order valence-electron chi connectivity index (χ3n) is 3.60. The van der Waals surface area contributed by atoms with E-state index in [1.807, 2.05) is 0 Å². The van der Waals surface area contributed by atoms with Crippen molar-refractivity contribution in [2.75, 3.05) is 6.54 Å². The zero-order valence-electron chi connectivity index (χ0n) is 11.6. The van der Waals surface area contributed by atoms with Crippen LogP contribution in [0.3, 0.4) is 0 Å². The summed E-state index contributed by atoms with van der Waals surface area (Å²) in [5.74, 6) is 1.00. The lowest BCUT2D eigenvalue weighted by atomic mass is 9.86. The van der Waals surface area contributed by atoms with Crippen LogP contribution in [0.15, 0.2) is 22.7 Å². The largest absolute Gasteiger partial charge is 0.314 e. The molecule has 1 nitrogen and oxygen atoms in total. The Morgan fingerprint density at radius 2 is 1.94 bits per heavy atom. The van der Waals surface area contributed by atoms with E-state index in [1.54, 1.807) is 12.1 Å². The van der Waals surface area contributed by atoms with Crippen LogP contribution >= 0.6 is 15.9 Å². The van der Waals surface area contributed by atoms with Crippen molar-refractivity contribution in [2.45, 2.75) is 40.2 Å². The van der Waals surface area contributed by atoms with Gasteiger partial charge in [-0.25, -0.2) is 4.39 Å². The van der Waals surface area contributed by atoms with Gasteiger partial charge < -0.3 is 5.32 Å². The van der Waals surface area contributed by atoms with Gasteiger partial charge in [0.2, 0.25) is 0 Å². The van der Waals surface area contributed by atoms with Crippen molar-refractivity contribution in [1.82, 2.24) is 5.32 Å². The van der Waals surface area contributed by atoms with E-state index in [0.717, 1.165) is 23.0 Å². The van der Waals surface area contributed by atoms with Gasteiger partial charge in [-0.1, -0.05) is 43.6 Å². The molecular formula is C15H23BrFN. The minimum absolute atomic E-state index is 0.166. The molecule has 0 aliphatic carbocycles. The van der Waals surface area contributed by atoms with Crippen molar-refractivity contribution in [3.8, 4) is 0 Å². The number of benzene rings is 1. The van der Waals surface area contributed by atoms with Crippen molar-refractivity contribution >= 4 is 15.9 Å². The predicted molar refractivity (Wildman–Crippen MR) is 79.3 cm³/mol. The van der Waals surface area contributed by atoms with Crippen molar-refractivity contribution in [1.29, 1.82) is 0 Å². The maximum atomic E-state index is 13.3. The van der Waals surface area contributed by atoms with Crippen molar-refractivity contribution < 1.29 is 4.39 Å². The first-order valence-electron chi connectivity index (χ1n) is 6.63. The second kappa shape index (κ2) is 7.25. The molecule has 0 radical (unpaired) electrons. The summed E-state index contributed by atoms with van der Waals surface area (Å²) in [6.07, 6.45) is 0.853. The number of halogens is 2. The van der Waals surface area contributed by atoms with Gasteiger partial charge >= 0.3 is 0 Å². The summed E-state index contributed by atoms with van der Waals surface area (Å²) >= 11 is 3.50. The maximum Gasteiger partial charge on any atom is 0.123 e. The Kier molecular flexibility index (Phi) is 6.30. The van der Waals surface area contributed by atoms with Crippen LogP contribution in [0.2, 0.25) is 0 Å². The fourth-order valence-corrected chi connectivity index (χ4v) is 2.52. The van der Waals surface area contributed by atoms with Crippen LogP contribution in [0.25, 0.3) is 0 Å². The zero-order chi connectivity index (χ0) is 13.7. The first-order valence-corrected chi connectivity index (χ1v) is 7.42. The molecule has 2 unspecified atom stereocenters. The normalized spacial score (nSPS) is 14.8. The maximum absolute atomic E-state index is 13.3. The molecule has 0 fully saturated rings. The summed E-state index contributed by atoms with van der Waals surface area (Å²) in [7, 11) is 0. The number of nitrogens with one attached hydrogen (secondary N) is 1. The van der Waals surface area contributed by atoms with E-state index in [-0.39, 0.29) is 5.82 Å². The average Bonchev–Trinajstić information content (AvgIpc) is 2.32. The lowest BCUT2D eigenvalue weighted by molar-refractivity contribution is 0.300. The van der Waals surface area contributed by atoms with Gasteiger partial charge in [0, 0.05) is 10.5 Å². The first-order chi connectivity index (χ1) is 8.45. The molecule has 0 amide bonds. The van der Waals surface area contributed by atoms with Crippen LogP contribution in [0, 0.1) is 17.7 Å². The Hall–Kier alpha value is -0.410. The summed E-state index contributed by atoms with van der Waals surface area (Å²) in [5.41, 5.74) is 1.04. The van der Waals surface area contributed by atoms with E-state index in [2.05, 4.69) is 48.9 Å². The van der Waals surface area contributed by atoms with Crippen LogP contribution in [0.4, 0.5) is 4.39 Å². The molecule has 3 heteroatoms. The van der Waals surface area contributed by atoms with Gasteiger partial charge in [0.15, 0.2) is 0 Å². The summed E-state index contributed by atoms with van der Waals surface area (Å²) in [6.45, 7) is 9.77. The molecule has 0 spiro atoms. The molecule has 0 bridgehead atoms. The fourth-order valence-electron chi connectivity index (χ4n) is 2.11. The van der Waals surface area contributed by atoms with E-state index in [9.17, 15) is 4.39 Å². The van der Waals surface area contributed by atoms with Crippen LogP contribution in [-0.2, 0) is 6.42 Å². The van der Waals surface area contributed by atoms with Crippen LogP contribution < -0.4 is 5.32 Å². The van der Waals surface area contributed by atoms with E-state index < -0.39 is 0 Å². The molecule has 0 heterocycles. The molecule has 102 valence electrons. The minimum Gasteiger partial charge on any atom is -0.314 e. The monoisotopic (exact) mass is 315 g/mol. The van der Waals surface area contributed by atoms with Crippen molar-refractivity contribution in [3.63, 3.8) is 0 Å². The summed E-state index contributed by atoms with van der Waals surface area (Å²) in [4.78, 5) is 0. The Labute approximate surface area is 118 Å². The average molecular weight is 316 g/mol. The van der Waals surface area contributed by atoms with Crippen LogP contribution in [0.1, 0.15) is 33.3 Å². The molecule has 1 rings (SSSR count). The zero-order valence-corrected chi connectivity index (χ0v) is 13.2. The van der Waals surface area contributed by atoms with Gasteiger partial charge in [-0.15, -0.1) is 0 Å². The molecule has 0 saturated heterocycles. The number of likely N-dealkylation sites (N-methyl/N-ethyl adjacent to an activating group) is 1. The molecule has 0 saturated carbocycles. The summed E-state index contributed by atoms with van der Waals surface area (Å²) in [5, 5.41) is 3.52. The lowest BCUT2D eigenvalue weighted by Gasteiger charge is -2.28. The fraction of sp³-hybridized carbons (Fsp3) is 0.600. The second-order valence-corrected chi connectivity index (χ2v) is 6.06. The molecule has 1 aromatic carbocycles. The van der Waals surface area contributed by atoms with Gasteiger partial charge in [0.1, 0.15) is 5.82 Å². The Morgan fingerprint density at radius 3 is 2.50 bits per heavy atom. The van der Waals surface area contributed by atoms with Gasteiger partial charge in [-0.3, -0.25) is 0 Å². The van der Waals surface area contributed by atoms with E-state index in [0.29, 0.717) is 17.9 Å². The predicted octanol–water partition coefficient (Wildman–Crippen LogP) is 4.40. The number of hydrogen-bond donors (Lipinski definition) is 1. The van der Waals surface area contributed by atoms with Crippen LogP contribution in [0.5, 0.6) is 0 Å². The van der Waals surface area contributed by atoms with Gasteiger partial charge in [-0.05, 0) is 48.6 Å². The minimum atomic E-state index is -0.166. The molecular weight excluding hydrogens is 293 g/mol. The highest BCUT2D eigenvalue weighted by molar-refractivity contribution is 9.10. The summed E-state index contributed by atoms with van der Waals surface area (Å²) in [6, 6.07) is 5.28. The lowest BCUT2D eigenvalue weighted by Crippen LogP contribution is -2.39. The smallest absolute Gasteiger partial charge is 0.123 e. The highest BCUT2D eigenvalue weighted by atomic mass is 79.9. The first kappa shape index (κ1) is 15.6. The molecule has 1 N–H and O–H groups in total. The van der Waals surface area contributed by atoms with E-state index in [1.165, 1.54) is 6.07 Å². The van der Waals surface area contributed by atoms with Crippen molar-refractivity contribution in [2.24, 2.45) is 11.8 Å². The Balaban J connectivity index is 2.85. The molecule has 0 aliphatic heterocycles. The van der Waals surface area contributed by atoms with Gasteiger partial charge in [0.05, 0.1) is 0 Å². The third kappa shape index (κ3) is 4.36. The number of hydrogen-bond acceptors (Lipinski definition) is 1. The molecule has 0 aliphatic rings. The second-order valence-electron chi connectivity index (χ2n) is 5.21. The quantitative estimate of drug-likeness (QED) is 0.820. The highest BCUT2D eigenvalue weighted by Crippen LogP contribution is 2.23. The summed E-state index contributed by atoms with van der Waals surface area (Å²) < 4.78 is 14.3. The van der Waals surface area contributed by atoms with Gasteiger partial charge in [-0.2, -0.15) is 0 Å². The van der Waals surface area contributed by atoms with Crippen LogP contribution in [-0.4, -0.2) is 12.6 Å². The molecule has 0 aromatic heterocycles. The standard InChI is InChI=1S/C15H23BrFN/c1-5-18-15(11(4)10(2)3)9-12-8-13(17)6-7-14(12)16/h6-8,10-11,15,18H,5,9H2,1-4H3. The van der Waals surface area contributed by atoms with Crippen molar-refractivity contribution in [3.05, 3.63) is 34.1 Å². The highest BCUT2D eigenvalue weighted by Gasteiger charge is 2.20. The Morgan fingerprint density at radius 1 is 1.28 bits per heavy atom. The topological polar surface area (TPSA) is 12.0 Å². The number of rotatable bonds is 6. The van der Waals surface area contributed by atoms with E-state index >= 15 is 0 Å². The Bertz CT molecular complexity index is 379. The SMILES string of the molecule is CCNC(Cc1cc(F)ccc1Br)C(C)C(C)C.